The first kappa shape index (κ1) is 25.0. The van der Waals surface area contributed by atoms with Gasteiger partial charge < -0.3 is 20.3 Å². The number of anilines is 1. The fraction of sp³-hybridized carbons (Fsp3) is 0.217. The van der Waals surface area contributed by atoms with Crippen LogP contribution in [0.1, 0.15) is 21.7 Å². The zero-order valence-corrected chi connectivity index (χ0v) is 18.6. The number of hydrogen-bond acceptors (Lipinski definition) is 7. The van der Waals surface area contributed by atoms with Crippen molar-refractivity contribution in [1.29, 1.82) is 0 Å². The van der Waals surface area contributed by atoms with E-state index in [0.717, 1.165) is 22.8 Å². The van der Waals surface area contributed by atoms with E-state index in [1.165, 1.54) is 37.3 Å². The first-order valence-corrected chi connectivity index (χ1v) is 10.5. The highest BCUT2D eigenvalue weighted by Crippen LogP contribution is 2.37. The third kappa shape index (κ3) is 5.11. The van der Waals surface area contributed by atoms with Crippen molar-refractivity contribution in [3.63, 3.8) is 0 Å². The number of pyridine rings is 1. The van der Waals surface area contributed by atoms with E-state index in [-0.39, 0.29) is 39.9 Å². The van der Waals surface area contributed by atoms with E-state index in [1.807, 2.05) is 0 Å². The summed E-state index contributed by atoms with van der Waals surface area (Å²) in [6, 6.07) is 8.27. The molecule has 1 amide bonds. The second-order valence-electron chi connectivity index (χ2n) is 7.68. The number of aliphatic hydroxyl groups excluding tert-OH is 2. The maximum Gasteiger partial charge on any atom is 0.417 e. The van der Waals surface area contributed by atoms with Gasteiger partial charge in [0.2, 0.25) is 0 Å². The van der Waals surface area contributed by atoms with Crippen LogP contribution in [0.3, 0.4) is 0 Å². The third-order valence-electron chi connectivity index (χ3n) is 5.06. The van der Waals surface area contributed by atoms with Crippen molar-refractivity contribution in [2.75, 3.05) is 18.5 Å². The molecule has 3 N–H and O–H groups in total. The Morgan fingerprint density at radius 1 is 1.22 bits per heavy atom. The summed E-state index contributed by atoms with van der Waals surface area (Å²) in [6.45, 7) is 0.470. The summed E-state index contributed by atoms with van der Waals surface area (Å²) < 4.78 is 60.8. The summed E-state index contributed by atoms with van der Waals surface area (Å²) in [4.78, 5) is 21.1. The topological polar surface area (TPSA) is 122 Å². The number of hydrogen-bond donors (Lipinski definition) is 3. The van der Waals surface area contributed by atoms with Crippen molar-refractivity contribution < 1.29 is 37.3 Å². The molecular weight excluding hydrogens is 486 g/mol. The Morgan fingerprint density at radius 2 is 1.97 bits per heavy atom. The summed E-state index contributed by atoms with van der Waals surface area (Å²) in [5.74, 6) is -1.42. The summed E-state index contributed by atoms with van der Waals surface area (Å²) in [5.41, 5.74) is -1.40. The average molecular weight is 505 g/mol. The van der Waals surface area contributed by atoms with Gasteiger partial charge in [0.15, 0.2) is 17.1 Å². The Hall–Kier alpha value is -4.10. The van der Waals surface area contributed by atoms with Crippen LogP contribution in [0.5, 0.6) is 5.75 Å². The highest BCUT2D eigenvalue weighted by Gasteiger charge is 2.34. The number of fused-ring (bicyclic) bond motifs is 1. The van der Waals surface area contributed by atoms with Gasteiger partial charge in [0.25, 0.3) is 5.91 Å². The predicted octanol–water partition coefficient (Wildman–Crippen LogP) is 3.24. The standard InChI is InChI=1S/C23H19F4N5O4/c1-12-20(22(35)30-19-7-6-13(24)9-28-19)32-21(29-12)18(36-11-14(34)10-33)8-17(31-32)15-4-2-3-5-16(15)23(25,26)27/h2-9,14,33-34H,10-11H2,1H3,(H,28,30,35). The largest absolute Gasteiger partial charge is 0.487 e. The fourth-order valence-electron chi connectivity index (χ4n) is 3.42. The summed E-state index contributed by atoms with van der Waals surface area (Å²) >= 11 is 0. The minimum atomic E-state index is -4.69. The molecule has 1 atom stereocenters. The van der Waals surface area contributed by atoms with Crippen molar-refractivity contribution in [3.8, 4) is 17.0 Å². The highest BCUT2D eigenvalue weighted by atomic mass is 19.4. The van der Waals surface area contributed by atoms with Crippen LogP contribution in [0.15, 0.2) is 48.7 Å². The molecule has 0 bridgehead atoms. The molecule has 0 aliphatic carbocycles. The second-order valence-corrected chi connectivity index (χ2v) is 7.68. The number of nitrogens with one attached hydrogen (secondary N) is 1. The molecule has 13 heteroatoms. The van der Waals surface area contributed by atoms with Gasteiger partial charge in [-0.1, -0.05) is 18.2 Å². The number of alkyl halides is 3. The Kier molecular flexibility index (Phi) is 6.86. The molecule has 4 rings (SSSR count). The molecule has 1 aromatic carbocycles. The number of imidazole rings is 1. The number of benzene rings is 1. The summed E-state index contributed by atoms with van der Waals surface area (Å²) in [6.07, 6.45) is -5.06. The van der Waals surface area contributed by atoms with Crippen LogP contribution < -0.4 is 10.1 Å². The monoisotopic (exact) mass is 505 g/mol. The third-order valence-corrected chi connectivity index (χ3v) is 5.06. The van der Waals surface area contributed by atoms with E-state index in [2.05, 4.69) is 20.4 Å². The van der Waals surface area contributed by atoms with E-state index in [0.29, 0.717) is 0 Å². The van der Waals surface area contributed by atoms with Gasteiger partial charge in [0.1, 0.15) is 24.3 Å². The van der Waals surface area contributed by atoms with E-state index in [9.17, 15) is 27.5 Å². The number of nitrogens with zero attached hydrogens (tertiary/aromatic N) is 4. The molecule has 36 heavy (non-hydrogen) atoms. The maximum absolute atomic E-state index is 13.7. The molecule has 1 unspecified atom stereocenters. The first-order chi connectivity index (χ1) is 17.1. The van der Waals surface area contributed by atoms with Gasteiger partial charge >= 0.3 is 6.18 Å². The van der Waals surface area contributed by atoms with Crippen molar-refractivity contribution in [2.24, 2.45) is 0 Å². The smallest absolute Gasteiger partial charge is 0.417 e. The predicted molar refractivity (Wildman–Crippen MR) is 119 cm³/mol. The number of aryl methyl sites for hydroxylation is 1. The molecule has 0 spiro atoms. The lowest BCUT2D eigenvalue weighted by atomic mass is 10.0. The number of carbonyl (C=O) groups is 1. The van der Waals surface area contributed by atoms with Crippen molar-refractivity contribution in [1.82, 2.24) is 19.6 Å². The number of amides is 1. The van der Waals surface area contributed by atoms with Crippen LogP contribution in [-0.4, -0.2) is 55.0 Å². The zero-order valence-electron chi connectivity index (χ0n) is 18.6. The minimum Gasteiger partial charge on any atom is -0.487 e. The molecule has 9 nitrogen and oxygen atoms in total. The van der Waals surface area contributed by atoms with Crippen LogP contribution in [0.4, 0.5) is 23.4 Å². The summed E-state index contributed by atoms with van der Waals surface area (Å²) in [7, 11) is 0. The van der Waals surface area contributed by atoms with Crippen molar-refractivity contribution in [2.45, 2.75) is 19.2 Å². The van der Waals surface area contributed by atoms with E-state index in [1.54, 1.807) is 0 Å². The van der Waals surface area contributed by atoms with Gasteiger partial charge in [-0.25, -0.2) is 18.9 Å². The van der Waals surface area contributed by atoms with Gasteiger partial charge in [-0.3, -0.25) is 4.79 Å². The quantitative estimate of drug-likeness (QED) is 0.330. The zero-order chi connectivity index (χ0) is 26.0. The lowest BCUT2D eigenvalue weighted by Gasteiger charge is -2.15. The molecule has 0 fully saturated rings. The minimum absolute atomic E-state index is 0.0110. The fourth-order valence-corrected chi connectivity index (χ4v) is 3.42. The second kappa shape index (κ2) is 9.87. The normalized spacial score (nSPS) is 12.5. The van der Waals surface area contributed by atoms with Gasteiger partial charge in [-0.2, -0.15) is 18.3 Å². The molecule has 0 saturated carbocycles. The Balaban J connectivity index is 1.87. The average Bonchev–Trinajstić information content (AvgIpc) is 3.19. The summed E-state index contributed by atoms with van der Waals surface area (Å²) in [5, 5.41) is 25.5. The van der Waals surface area contributed by atoms with Crippen LogP contribution in [0.25, 0.3) is 16.9 Å². The van der Waals surface area contributed by atoms with Crippen LogP contribution in [0.2, 0.25) is 0 Å². The maximum atomic E-state index is 13.7. The highest BCUT2D eigenvalue weighted by molar-refractivity contribution is 6.04. The number of aliphatic hydroxyl groups is 2. The molecule has 0 saturated heterocycles. The number of ether oxygens (including phenoxy) is 1. The Bertz CT molecular complexity index is 1410. The lowest BCUT2D eigenvalue weighted by Crippen LogP contribution is -2.22. The number of aromatic nitrogens is 4. The van der Waals surface area contributed by atoms with Crippen LogP contribution in [0, 0.1) is 12.7 Å². The van der Waals surface area contributed by atoms with Crippen molar-refractivity contribution in [3.05, 3.63) is 71.4 Å². The Morgan fingerprint density at radius 3 is 2.64 bits per heavy atom. The molecule has 4 aromatic rings. The van der Waals surface area contributed by atoms with E-state index < -0.39 is 42.8 Å². The van der Waals surface area contributed by atoms with Gasteiger partial charge in [0, 0.05) is 11.6 Å². The SMILES string of the molecule is Cc1nc2c(OCC(O)CO)cc(-c3ccccc3C(F)(F)F)nn2c1C(=O)Nc1ccc(F)cn1. The van der Waals surface area contributed by atoms with E-state index >= 15 is 0 Å². The van der Waals surface area contributed by atoms with Crippen molar-refractivity contribution >= 4 is 17.4 Å². The Labute approximate surface area is 201 Å². The first-order valence-electron chi connectivity index (χ1n) is 10.5. The molecule has 3 aromatic heterocycles. The number of rotatable bonds is 7. The van der Waals surface area contributed by atoms with Gasteiger partial charge in [-0.05, 0) is 25.1 Å². The lowest BCUT2D eigenvalue weighted by molar-refractivity contribution is -0.137. The van der Waals surface area contributed by atoms with Gasteiger partial charge in [0.05, 0.1) is 29.8 Å². The van der Waals surface area contributed by atoms with Crippen LogP contribution >= 0.6 is 0 Å². The molecule has 0 aliphatic heterocycles. The molecule has 3 heterocycles. The molecular formula is C23H19F4N5O4. The van der Waals surface area contributed by atoms with E-state index in [4.69, 9.17) is 9.84 Å². The van der Waals surface area contributed by atoms with Crippen LogP contribution in [-0.2, 0) is 6.18 Å². The molecule has 0 radical (unpaired) electrons. The molecule has 188 valence electrons. The number of carbonyl (C=O) groups excluding carboxylic acids is 1. The number of halogens is 4. The van der Waals surface area contributed by atoms with Gasteiger partial charge in [-0.15, -0.1) is 0 Å². The molecule has 0 aliphatic rings.